The summed E-state index contributed by atoms with van der Waals surface area (Å²) in [6.45, 7) is 6.03. The molecule has 0 saturated heterocycles. The Bertz CT molecular complexity index is 1170. The van der Waals surface area contributed by atoms with Crippen LogP contribution in [-0.2, 0) is 16.1 Å². The Morgan fingerprint density at radius 1 is 1.37 bits per heavy atom. The molecule has 8 heteroatoms. The Labute approximate surface area is 179 Å². The van der Waals surface area contributed by atoms with Crippen molar-refractivity contribution < 1.29 is 14.7 Å². The number of aromatic nitrogens is 3. The smallest absolute Gasteiger partial charge is 0.227 e. The molecule has 7 nitrogen and oxygen atoms in total. The fraction of sp³-hybridized carbons (Fsp3) is 0.364. The molecule has 3 aromatic rings. The van der Waals surface area contributed by atoms with Gasteiger partial charge in [0.1, 0.15) is 24.1 Å². The molecular formula is C22H23ClN4O3. The third-order valence-electron chi connectivity index (χ3n) is 6.10. The van der Waals surface area contributed by atoms with E-state index in [0.717, 1.165) is 11.8 Å². The summed E-state index contributed by atoms with van der Waals surface area (Å²) in [6.07, 6.45) is 4.12. The lowest BCUT2D eigenvalue weighted by atomic mass is 10.1. The van der Waals surface area contributed by atoms with Gasteiger partial charge in [0.15, 0.2) is 0 Å². The van der Waals surface area contributed by atoms with Gasteiger partial charge in [-0.15, -0.1) is 0 Å². The minimum atomic E-state index is -0.292. The number of aryl methyl sites for hydroxylation is 1. The third-order valence-corrected chi connectivity index (χ3v) is 6.32. The summed E-state index contributed by atoms with van der Waals surface area (Å²) in [5, 5.41) is 15.3. The van der Waals surface area contributed by atoms with Crippen LogP contribution in [0.3, 0.4) is 0 Å². The largest absolute Gasteiger partial charge is 0.507 e. The molecule has 2 unspecified atom stereocenters. The van der Waals surface area contributed by atoms with E-state index in [2.05, 4.69) is 10.1 Å². The highest BCUT2D eigenvalue weighted by Gasteiger charge is 2.62. The van der Waals surface area contributed by atoms with E-state index in [1.54, 1.807) is 35.5 Å². The molecule has 156 valence electrons. The van der Waals surface area contributed by atoms with Gasteiger partial charge in [0.05, 0.1) is 11.4 Å². The fourth-order valence-corrected chi connectivity index (χ4v) is 4.46. The lowest BCUT2D eigenvalue weighted by Gasteiger charge is -2.17. The summed E-state index contributed by atoms with van der Waals surface area (Å²) in [7, 11) is 1.74. The van der Waals surface area contributed by atoms with E-state index in [1.165, 1.54) is 6.33 Å². The van der Waals surface area contributed by atoms with E-state index < -0.39 is 0 Å². The molecule has 0 radical (unpaired) electrons. The van der Waals surface area contributed by atoms with Crippen LogP contribution in [-0.4, -0.2) is 43.8 Å². The summed E-state index contributed by atoms with van der Waals surface area (Å²) >= 11 is 6.18. The average molecular weight is 427 g/mol. The number of benzene rings is 1. The molecule has 2 atom stereocenters. The van der Waals surface area contributed by atoms with E-state index in [1.807, 2.05) is 26.1 Å². The highest BCUT2D eigenvalue weighted by molar-refractivity contribution is 6.31. The van der Waals surface area contributed by atoms with Crippen LogP contribution in [0, 0.1) is 24.2 Å². The average Bonchev–Trinajstić information content (AvgIpc) is 3.02. The minimum Gasteiger partial charge on any atom is -0.507 e. The van der Waals surface area contributed by atoms with Crippen molar-refractivity contribution in [3.05, 3.63) is 46.9 Å². The molecule has 1 N–H and O–H groups in total. The first-order valence-electron chi connectivity index (χ1n) is 9.67. The highest BCUT2D eigenvalue weighted by Crippen LogP contribution is 2.57. The van der Waals surface area contributed by atoms with Crippen molar-refractivity contribution in [1.82, 2.24) is 19.5 Å². The predicted molar refractivity (Wildman–Crippen MR) is 113 cm³/mol. The molecule has 4 rings (SSSR count). The van der Waals surface area contributed by atoms with Crippen molar-refractivity contribution in [2.75, 3.05) is 7.05 Å². The number of phenolic OH excluding ortho intramolecular Hbond substituents is 1. The number of aldehydes is 1. The number of nitrogens with zero attached hydrogens (tertiary/aromatic N) is 4. The molecular weight excluding hydrogens is 404 g/mol. The van der Waals surface area contributed by atoms with Crippen molar-refractivity contribution in [3.8, 4) is 17.0 Å². The van der Waals surface area contributed by atoms with Gasteiger partial charge >= 0.3 is 0 Å². The van der Waals surface area contributed by atoms with Crippen LogP contribution in [0.4, 0.5) is 0 Å². The summed E-state index contributed by atoms with van der Waals surface area (Å²) < 4.78 is 1.67. The van der Waals surface area contributed by atoms with Gasteiger partial charge in [-0.05, 0) is 41.7 Å². The van der Waals surface area contributed by atoms with Crippen LogP contribution in [0.25, 0.3) is 16.8 Å². The standard InChI is InChI=1S/C22H23ClN4O3/c1-12-5-14(23)7-15(20(12)29)19-17-6-13(9-27(17)25-11-24-19)8-26(4)21(30)18-16(10-28)22(18,2)3/h5-7,9-11,16,18,29H,8H2,1-4H3. The van der Waals surface area contributed by atoms with Crippen molar-refractivity contribution in [3.63, 3.8) is 0 Å². The zero-order valence-electron chi connectivity index (χ0n) is 17.3. The van der Waals surface area contributed by atoms with Gasteiger partial charge in [-0.25, -0.2) is 9.50 Å². The van der Waals surface area contributed by atoms with Gasteiger partial charge in [-0.3, -0.25) is 4.79 Å². The maximum Gasteiger partial charge on any atom is 0.227 e. The molecule has 1 aromatic carbocycles. The number of rotatable bonds is 5. The molecule has 0 aliphatic heterocycles. The predicted octanol–water partition coefficient (Wildman–Crippen LogP) is 3.49. The number of hydrogen-bond acceptors (Lipinski definition) is 5. The SMILES string of the molecule is Cc1cc(Cl)cc(-c2ncnn3cc(CN(C)C(=O)C4C(C=O)C4(C)C)cc23)c1O. The van der Waals surface area contributed by atoms with Crippen LogP contribution in [0.1, 0.15) is 25.0 Å². The quantitative estimate of drug-likeness (QED) is 0.631. The monoisotopic (exact) mass is 426 g/mol. The maximum absolute atomic E-state index is 12.8. The Morgan fingerprint density at radius 2 is 2.10 bits per heavy atom. The van der Waals surface area contributed by atoms with Crippen molar-refractivity contribution >= 4 is 29.3 Å². The van der Waals surface area contributed by atoms with Gasteiger partial charge in [-0.2, -0.15) is 5.10 Å². The first-order chi connectivity index (χ1) is 14.1. The molecule has 1 aliphatic rings. The molecule has 30 heavy (non-hydrogen) atoms. The minimum absolute atomic E-state index is 0.0400. The second kappa shape index (κ2) is 7.09. The van der Waals surface area contributed by atoms with E-state index in [4.69, 9.17) is 11.6 Å². The molecule has 1 fully saturated rings. The Morgan fingerprint density at radius 3 is 2.77 bits per heavy atom. The first-order valence-corrected chi connectivity index (χ1v) is 10.0. The number of phenols is 1. The number of amides is 1. The zero-order chi connectivity index (χ0) is 21.8. The number of fused-ring (bicyclic) bond motifs is 1. The molecule has 2 heterocycles. The lowest BCUT2D eigenvalue weighted by molar-refractivity contribution is -0.133. The van der Waals surface area contributed by atoms with Crippen molar-refractivity contribution in [1.29, 1.82) is 0 Å². The Hall–Kier alpha value is -2.93. The highest BCUT2D eigenvalue weighted by atomic mass is 35.5. The van der Waals surface area contributed by atoms with Gasteiger partial charge < -0.3 is 14.8 Å². The van der Waals surface area contributed by atoms with Crippen LogP contribution in [0.5, 0.6) is 5.75 Å². The van der Waals surface area contributed by atoms with Crippen LogP contribution in [0.15, 0.2) is 30.7 Å². The van der Waals surface area contributed by atoms with Crippen LogP contribution >= 0.6 is 11.6 Å². The van der Waals surface area contributed by atoms with Gasteiger partial charge in [0, 0.05) is 36.3 Å². The summed E-state index contributed by atoms with van der Waals surface area (Å²) in [4.78, 5) is 30.0. The van der Waals surface area contributed by atoms with E-state index >= 15 is 0 Å². The fourth-order valence-electron chi connectivity index (χ4n) is 4.19. The molecule has 0 bridgehead atoms. The molecule has 1 amide bonds. The third kappa shape index (κ3) is 3.23. The van der Waals surface area contributed by atoms with Crippen LogP contribution < -0.4 is 0 Å². The van der Waals surface area contributed by atoms with Crippen molar-refractivity contribution in [2.24, 2.45) is 17.3 Å². The number of halogens is 1. The lowest BCUT2D eigenvalue weighted by Crippen LogP contribution is -2.29. The summed E-state index contributed by atoms with van der Waals surface area (Å²) in [5.41, 5.74) is 3.00. The Kier molecular flexibility index (Phi) is 4.81. The maximum atomic E-state index is 12.8. The number of carbonyl (C=O) groups is 2. The number of hydrogen-bond donors (Lipinski definition) is 1. The molecule has 2 aromatic heterocycles. The normalized spacial score (nSPS) is 19.6. The second-order valence-electron chi connectivity index (χ2n) is 8.56. The molecule has 1 aliphatic carbocycles. The second-order valence-corrected chi connectivity index (χ2v) is 9.00. The Balaban J connectivity index is 1.65. The number of aromatic hydroxyl groups is 1. The van der Waals surface area contributed by atoms with Crippen LogP contribution in [0.2, 0.25) is 5.02 Å². The zero-order valence-corrected chi connectivity index (χ0v) is 18.0. The number of carbonyl (C=O) groups excluding carboxylic acids is 2. The molecule has 1 saturated carbocycles. The van der Waals surface area contributed by atoms with E-state index in [9.17, 15) is 14.7 Å². The van der Waals surface area contributed by atoms with Gasteiger partial charge in [-0.1, -0.05) is 25.4 Å². The first kappa shape index (κ1) is 20.3. The van der Waals surface area contributed by atoms with Crippen molar-refractivity contribution in [2.45, 2.75) is 27.3 Å². The van der Waals surface area contributed by atoms with E-state index in [-0.39, 0.29) is 28.9 Å². The van der Waals surface area contributed by atoms with Gasteiger partial charge in [0.2, 0.25) is 5.91 Å². The molecule has 0 spiro atoms. The summed E-state index contributed by atoms with van der Waals surface area (Å²) in [5.74, 6) is -0.432. The van der Waals surface area contributed by atoms with E-state index in [0.29, 0.717) is 33.9 Å². The summed E-state index contributed by atoms with van der Waals surface area (Å²) in [6, 6.07) is 5.25. The topological polar surface area (TPSA) is 87.8 Å². The van der Waals surface area contributed by atoms with Gasteiger partial charge in [0.25, 0.3) is 0 Å².